The van der Waals surface area contributed by atoms with Crippen molar-refractivity contribution in [3.05, 3.63) is 0 Å². The molecule has 0 spiro atoms. The first-order valence-corrected chi connectivity index (χ1v) is 5.70. The minimum absolute atomic E-state index is 0. The fourth-order valence-corrected chi connectivity index (χ4v) is 2.32. The second-order valence-electron chi connectivity index (χ2n) is 5.79. The molecule has 1 N–H and O–H groups in total. The number of aliphatic hydroxyl groups is 1. The molecule has 0 bridgehead atoms. The molecule has 1 fully saturated rings. The number of likely N-dealkylation sites (tertiary alicyclic amines) is 1. The Hall–Kier alpha value is 0.130. The summed E-state index contributed by atoms with van der Waals surface area (Å²) in [7, 11) is 0. The maximum absolute atomic E-state index is 11.9. The van der Waals surface area contributed by atoms with Crippen LogP contribution < -0.4 is 0 Å². The highest BCUT2D eigenvalue weighted by Gasteiger charge is 2.48. The fourth-order valence-electron chi connectivity index (χ4n) is 2.32. The van der Waals surface area contributed by atoms with Crippen molar-refractivity contribution in [1.29, 1.82) is 0 Å². The standard InChI is InChI=1S/C12H23NO2.2H2S/c1-9(14)10(15)13-8-6-7-12(13,5)11(2,3)4;;/h9,14H,6-8H2,1-5H3;2*1H2/t9-,12-;;/m0../s1. The first-order chi connectivity index (χ1) is 6.70. The molecule has 0 unspecified atom stereocenters. The smallest absolute Gasteiger partial charge is 0.251 e. The molecule has 1 heterocycles. The van der Waals surface area contributed by atoms with E-state index in [2.05, 4.69) is 27.7 Å². The zero-order valence-electron chi connectivity index (χ0n) is 11.5. The van der Waals surface area contributed by atoms with Gasteiger partial charge in [-0.05, 0) is 32.1 Å². The molecule has 0 aromatic carbocycles. The van der Waals surface area contributed by atoms with Gasteiger partial charge in [-0.1, -0.05) is 20.8 Å². The summed E-state index contributed by atoms with van der Waals surface area (Å²) in [6.07, 6.45) is 1.17. The molecule has 0 radical (unpaired) electrons. The minimum atomic E-state index is -0.884. The van der Waals surface area contributed by atoms with Gasteiger partial charge in [0.1, 0.15) is 6.10 Å². The third kappa shape index (κ3) is 3.55. The summed E-state index contributed by atoms with van der Waals surface area (Å²) in [6.45, 7) is 10.9. The van der Waals surface area contributed by atoms with Crippen LogP contribution in [-0.4, -0.2) is 34.1 Å². The quantitative estimate of drug-likeness (QED) is 0.799. The van der Waals surface area contributed by atoms with Gasteiger partial charge in [-0.2, -0.15) is 27.0 Å². The first kappa shape index (κ1) is 19.5. The second kappa shape index (κ2) is 6.34. The van der Waals surface area contributed by atoms with Gasteiger partial charge in [-0.3, -0.25) is 4.79 Å². The van der Waals surface area contributed by atoms with E-state index < -0.39 is 6.10 Å². The van der Waals surface area contributed by atoms with Gasteiger partial charge < -0.3 is 10.0 Å². The van der Waals surface area contributed by atoms with Crippen molar-refractivity contribution in [2.24, 2.45) is 5.41 Å². The minimum Gasteiger partial charge on any atom is -0.384 e. The lowest BCUT2D eigenvalue weighted by molar-refractivity contribution is -0.146. The lowest BCUT2D eigenvalue weighted by Crippen LogP contribution is -2.55. The van der Waals surface area contributed by atoms with Crippen LogP contribution in [0.4, 0.5) is 0 Å². The number of rotatable bonds is 1. The Morgan fingerprint density at radius 3 is 2.18 bits per heavy atom. The maximum Gasteiger partial charge on any atom is 0.251 e. The monoisotopic (exact) mass is 281 g/mol. The third-order valence-electron chi connectivity index (χ3n) is 3.88. The fraction of sp³-hybridized carbons (Fsp3) is 0.917. The van der Waals surface area contributed by atoms with Crippen LogP contribution in [0.15, 0.2) is 0 Å². The van der Waals surface area contributed by atoms with Crippen molar-refractivity contribution in [2.45, 2.75) is 59.1 Å². The molecule has 0 aliphatic carbocycles. The Bertz CT molecular complexity index is 264. The van der Waals surface area contributed by atoms with E-state index in [4.69, 9.17) is 0 Å². The normalized spacial score (nSPS) is 25.9. The van der Waals surface area contributed by atoms with Crippen molar-refractivity contribution in [1.82, 2.24) is 4.90 Å². The van der Waals surface area contributed by atoms with Gasteiger partial charge in [0.05, 0.1) is 0 Å². The number of carbonyl (C=O) groups is 1. The van der Waals surface area contributed by atoms with Gasteiger partial charge in [-0.25, -0.2) is 0 Å². The lowest BCUT2D eigenvalue weighted by atomic mass is 9.73. The number of nitrogens with zero attached hydrogens (tertiary/aromatic N) is 1. The molecular weight excluding hydrogens is 254 g/mol. The number of carbonyl (C=O) groups excluding carboxylic acids is 1. The molecule has 1 saturated heterocycles. The van der Waals surface area contributed by atoms with E-state index in [1.807, 2.05) is 4.90 Å². The van der Waals surface area contributed by atoms with Crippen molar-refractivity contribution >= 4 is 32.9 Å². The summed E-state index contributed by atoms with van der Waals surface area (Å²) in [5.74, 6) is -0.134. The van der Waals surface area contributed by atoms with Crippen molar-refractivity contribution in [3.63, 3.8) is 0 Å². The topological polar surface area (TPSA) is 40.5 Å². The Balaban J connectivity index is 0. The average Bonchev–Trinajstić information content (AvgIpc) is 2.46. The van der Waals surface area contributed by atoms with Crippen LogP contribution in [0.25, 0.3) is 0 Å². The Morgan fingerprint density at radius 1 is 1.35 bits per heavy atom. The molecule has 1 aliphatic heterocycles. The molecule has 1 rings (SSSR count). The molecular formula is C12H27NO2S2. The lowest BCUT2D eigenvalue weighted by Gasteiger charge is -2.46. The summed E-state index contributed by atoms with van der Waals surface area (Å²) in [5.41, 5.74) is -0.0743. The van der Waals surface area contributed by atoms with E-state index in [0.717, 1.165) is 19.4 Å². The van der Waals surface area contributed by atoms with Crippen LogP contribution >= 0.6 is 27.0 Å². The number of hydrogen-bond acceptors (Lipinski definition) is 2. The van der Waals surface area contributed by atoms with Crippen molar-refractivity contribution < 1.29 is 9.90 Å². The van der Waals surface area contributed by atoms with Crippen molar-refractivity contribution in [2.75, 3.05) is 6.54 Å². The maximum atomic E-state index is 11.9. The van der Waals surface area contributed by atoms with E-state index in [0.29, 0.717) is 0 Å². The molecule has 17 heavy (non-hydrogen) atoms. The summed E-state index contributed by atoms with van der Waals surface area (Å²) in [6, 6.07) is 0. The number of aliphatic hydroxyl groups excluding tert-OH is 1. The van der Waals surface area contributed by atoms with Crippen LogP contribution in [0.1, 0.15) is 47.5 Å². The summed E-state index contributed by atoms with van der Waals surface area (Å²) < 4.78 is 0. The highest BCUT2D eigenvalue weighted by Crippen LogP contribution is 2.43. The molecule has 2 atom stereocenters. The predicted molar refractivity (Wildman–Crippen MR) is 81.2 cm³/mol. The van der Waals surface area contributed by atoms with Crippen LogP contribution in [0.2, 0.25) is 0 Å². The number of amides is 1. The Kier molecular flexibility index (Phi) is 7.26. The highest BCUT2D eigenvalue weighted by molar-refractivity contribution is 7.59. The van der Waals surface area contributed by atoms with Gasteiger partial charge >= 0.3 is 0 Å². The highest BCUT2D eigenvalue weighted by atomic mass is 32.1. The van der Waals surface area contributed by atoms with E-state index in [1.165, 1.54) is 0 Å². The molecule has 1 amide bonds. The van der Waals surface area contributed by atoms with E-state index in [-0.39, 0.29) is 43.9 Å². The molecule has 1 aliphatic rings. The van der Waals surface area contributed by atoms with E-state index in [9.17, 15) is 9.90 Å². The average molecular weight is 281 g/mol. The van der Waals surface area contributed by atoms with Crippen LogP contribution in [0, 0.1) is 5.41 Å². The first-order valence-electron chi connectivity index (χ1n) is 5.70. The Morgan fingerprint density at radius 2 is 1.82 bits per heavy atom. The zero-order chi connectivity index (χ0) is 11.9. The predicted octanol–water partition coefficient (Wildman–Crippen LogP) is 2.02. The van der Waals surface area contributed by atoms with Gasteiger partial charge in [-0.15, -0.1) is 0 Å². The van der Waals surface area contributed by atoms with Gasteiger partial charge in [0.15, 0.2) is 0 Å². The molecule has 0 aromatic rings. The number of hydrogen-bond donors (Lipinski definition) is 1. The van der Waals surface area contributed by atoms with Crippen LogP contribution in [-0.2, 0) is 4.79 Å². The van der Waals surface area contributed by atoms with Crippen LogP contribution in [0.3, 0.4) is 0 Å². The molecule has 3 nitrogen and oxygen atoms in total. The van der Waals surface area contributed by atoms with Crippen LogP contribution in [0.5, 0.6) is 0 Å². The van der Waals surface area contributed by atoms with E-state index in [1.54, 1.807) is 6.92 Å². The summed E-state index contributed by atoms with van der Waals surface area (Å²) in [4.78, 5) is 13.7. The largest absolute Gasteiger partial charge is 0.384 e. The summed E-state index contributed by atoms with van der Waals surface area (Å²) in [5, 5.41) is 9.39. The SMILES string of the molecule is C[C@H](O)C(=O)N1CCC[C@@]1(C)C(C)(C)C.S.S. The van der Waals surface area contributed by atoms with Gasteiger partial charge in [0.25, 0.3) is 5.91 Å². The summed E-state index contributed by atoms with van der Waals surface area (Å²) >= 11 is 0. The van der Waals surface area contributed by atoms with Gasteiger partial charge in [0, 0.05) is 12.1 Å². The van der Waals surface area contributed by atoms with Crippen molar-refractivity contribution in [3.8, 4) is 0 Å². The van der Waals surface area contributed by atoms with E-state index >= 15 is 0 Å². The molecule has 0 aromatic heterocycles. The molecule has 0 saturated carbocycles. The molecule has 104 valence electrons. The second-order valence-corrected chi connectivity index (χ2v) is 5.79. The third-order valence-corrected chi connectivity index (χ3v) is 3.88. The Labute approximate surface area is 119 Å². The molecule has 5 heteroatoms. The zero-order valence-corrected chi connectivity index (χ0v) is 13.5. The van der Waals surface area contributed by atoms with Gasteiger partial charge in [0.2, 0.25) is 0 Å².